The van der Waals surface area contributed by atoms with E-state index in [0.29, 0.717) is 90.6 Å². The van der Waals surface area contributed by atoms with Crippen LogP contribution in [0.15, 0.2) is 95.4 Å². The van der Waals surface area contributed by atoms with Gasteiger partial charge in [0.2, 0.25) is 12.7 Å². The third-order valence-corrected chi connectivity index (χ3v) is 12.7. The summed E-state index contributed by atoms with van der Waals surface area (Å²) >= 11 is 0. The Kier molecular flexibility index (Phi) is 11.1. The second kappa shape index (κ2) is 17.3. The number of phenols is 1. The Bertz CT molecular complexity index is 2650. The molecule has 6 aromatic rings. The number of oxazole rings is 1. The van der Waals surface area contributed by atoms with Crippen LogP contribution in [0.25, 0.3) is 22.7 Å². The van der Waals surface area contributed by atoms with Crippen LogP contribution in [0.3, 0.4) is 0 Å². The maximum absolute atomic E-state index is 15.3. The first-order valence-corrected chi connectivity index (χ1v) is 22.0. The SMILES string of the molecule is CCOc1ccc(-c2nc(CN(C(=O)c3cc(-c4cc5c(cc4C(=O)N4Cc6ccccc6CC4CN4CCOCC4)OCO5)n4c3CCCC4)c3ccc(O)cc3)c(C)o2)cc1. The van der Waals surface area contributed by atoms with Crippen molar-refractivity contribution in [3.8, 4) is 45.7 Å². The van der Waals surface area contributed by atoms with E-state index in [2.05, 4.69) is 27.7 Å². The lowest BCUT2D eigenvalue weighted by atomic mass is 9.92. The topological polar surface area (TPSA) is 132 Å². The zero-order valence-corrected chi connectivity index (χ0v) is 35.7. The van der Waals surface area contributed by atoms with Gasteiger partial charge in [0.1, 0.15) is 23.0 Å². The number of hydrogen-bond donors (Lipinski definition) is 1. The molecule has 0 radical (unpaired) electrons. The zero-order valence-electron chi connectivity index (χ0n) is 35.7. The number of morpholine rings is 1. The van der Waals surface area contributed by atoms with Crippen LogP contribution in [0.4, 0.5) is 5.69 Å². The number of hydrogen-bond acceptors (Lipinski definition) is 10. The van der Waals surface area contributed by atoms with E-state index in [9.17, 15) is 5.11 Å². The molecule has 0 aliphatic carbocycles. The van der Waals surface area contributed by atoms with Gasteiger partial charge in [-0.3, -0.25) is 14.5 Å². The van der Waals surface area contributed by atoms with Gasteiger partial charge < -0.3 is 42.8 Å². The molecule has 0 saturated carbocycles. The summed E-state index contributed by atoms with van der Waals surface area (Å²) in [7, 11) is 0. The summed E-state index contributed by atoms with van der Waals surface area (Å²) in [6.07, 6.45) is 3.28. The predicted octanol–water partition coefficient (Wildman–Crippen LogP) is 8.03. The Morgan fingerprint density at radius 3 is 2.43 bits per heavy atom. The third-order valence-electron chi connectivity index (χ3n) is 12.7. The number of aromatic nitrogens is 2. The number of carbonyl (C=O) groups excluding carboxylic acids is 2. The monoisotopic (exact) mass is 849 g/mol. The van der Waals surface area contributed by atoms with Gasteiger partial charge in [-0.1, -0.05) is 24.3 Å². The fraction of sp³-hybridized carbons (Fsp3) is 0.340. The highest BCUT2D eigenvalue weighted by Gasteiger charge is 2.36. The molecular weight excluding hydrogens is 799 g/mol. The summed E-state index contributed by atoms with van der Waals surface area (Å²) in [5, 5.41) is 10.3. The Labute approximate surface area is 366 Å². The quantitative estimate of drug-likeness (QED) is 0.137. The normalized spacial score (nSPS) is 17.0. The molecule has 63 heavy (non-hydrogen) atoms. The average molecular weight is 850 g/mol. The molecule has 1 unspecified atom stereocenters. The Morgan fingerprint density at radius 1 is 0.889 bits per heavy atom. The molecule has 13 heteroatoms. The molecule has 10 rings (SSSR count). The maximum Gasteiger partial charge on any atom is 0.260 e. The molecular formula is C50H51N5O8. The van der Waals surface area contributed by atoms with Gasteiger partial charge >= 0.3 is 0 Å². The summed E-state index contributed by atoms with van der Waals surface area (Å²) in [5.74, 6) is 2.64. The van der Waals surface area contributed by atoms with Crippen molar-refractivity contribution in [2.75, 3.05) is 51.1 Å². The van der Waals surface area contributed by atoms with Crippen molar-refractivity contribution < 1.29 is 38.1 Å². The van der Waals surface area contributed by atoms with Crippen molar-refractivity contribution in [2.24, 2.45) is 0 Å². The number of benzene rings is 4. The lowest BCUT2D eigenvalue weighted by Gasteiger charge is -2.40. The number of carbonyl (C=O) groups is 2. The highest BCUT2D eigenvalue weighted by molar-refractivity contribution is 6.09. The van der Waals surface area contributed by atoms with Crippen LogP contribution in [0.1, 0.15) is 68.8 Å². The van der Waals surface area contributed by atoms with E-state index in [1.54, 1.807) is 29.2 Å². The van der Waals surface area contributed by atoms with Crippen LogP contribution >= 0.6 is 0 Å². The van der Waals surface area contributed by atoms with Gasteiger partial charge in [0.05, 0.1) is 37.5 Å². The molecule has 2 aromatic heterocycles. The molecule has 0 spiro atoms. The van der Waals surface area contributed by atoms with Crippen LogP contribution in [-0.4, -0.2) is 88.6 Å². The van der Waals surface area contributed by atoms with Gasteiger partial charge in [0.15, 0.2) is 11.5 Å². The summed E-state index contributed by atoms with van der Waals surface area (Å²) in [4.78, 5) is 41.6. The van der Waals surface area contributed by atoms with Gasteiger partial charge in [0, 0.05) is 67.0 Å². The molecule has 13 nitrogen and oxygen atoms in total. The fourth-order valence-corrected chi connectivity index (χ4v) is 9.41. The number of anilines is 1. The molecule has 2 amide bonds. The summed E-state index contributed by atoms with van der Waals surface area (Å²) in [6.45, 7) is 9.44. The van der Waals surface area contributed by atoms with E-state index >= 15 is 9.59 Å². The number of rotatable bonds is 11. The number of fused-ring (bicyclic) bond motifs is 3. The Balaban J connectivity index is 1.03. The number of aryl methyl sites for hydroxylation is 1. The van der Waals surface area contributed by atoms with E-state index in [4.69, 9.17) is 28.3 Å². The van der Waals surface area contributed by atoms with Crippen LogP contribution in [-0.2, 0) is 37.2 Å². The van der Waals surface area contributed by atoms with Gasteiger partial charge in [-0.2, -0.15) is 0 Å². The highest BCUT2D eigenvalue weighted by Crippen LogP contribution is 2.43. The standard InChI is InChI=1S/C50H51N5O8/c1-3-60-39-17-11-33(12-18-39)48-51-43(32(2)63-48)30-55(36-13-15-38(56)16-14-36)50(58)42-25-45(53-19-7-6-10-44(42)53)40-26-46-47(62-31-61-46)27-41(40)49(57)54-28-35-9-5-4-8-34(35)24-37(54)29-52-20-22-59-23-21-52/h4-5,8-9,11-18,25-27,37,56H,3,6-7,10,19-24,28-31H2,1-2H3. The second-order valence-corrected chi connectivity index (χ2v) is 16.6. The smallest absolute Gasteiger partial charge is 0.260 e. The molecule has 324 valence electrons. The molecule has 1 fully saturated rings. The average Bonchev–Trinajstić information content (AvgIpc) is 4.05. The van der Waals surface area contributed by atoms with Crippen LogP contribution in [0.5, 0.6) is 23.0 Å². The van der Waals surface area contributed by atoms with E-state index in [0.717, 1.165) is 67.2 Å². The highest BCUT2D eigenvalue weighted by atomic mass is 16.7. The summed E-state index contributed by atoms with van der Waals surface area (Å²) < 4.78 is 31.6. The lowest BCUT2D eigenvalue weighted by molar-refractivity contribution is 0.0193. The van der Waals surface area contributed by atoms with E-state index in [1.807, 2.05) is 67.3 Å². The molecule has 0 bridgehead atoms. The molecule has 1 atom stereocenters. The third kappa shape index (κ3) is 8.02. The predicted molar refractivity (Wildman–Crippen MR) is 236 cm³/mol. The lowest BCUT2D eigenvalue weighted by Crippen LogP contribution is -2.52. The molecule has 1 saturated heterocycles. The minimum absolute atomic E-state index is 0.0580. The summed E-state index contributed by atoms with van der Waals surface area (Å²) in [5.41, 5.74) is 7.81. The van der Waals surface area contributed by atoms with Gasteiger partial charge in [0.25, 0.3) is 11.8 Å². The number of phenolic OH excluding ortho intramolecular Hbond substituents is 1. The van der Waals surface area contributed by atoms with E-state index < -0.39 is 0 Å². The Morgan fingerprint density at radius 2 is 1.65 bits per heavy atom. The first kappa shape index (κ1) is 40.5. The van der Waals surface area contributed by atoms with Crippen molar-refractivity contribution >= 4 is 17.5 Å². The van der Waals surface area contributed by atoms with Crippen LogP contribution in [0.2, 0.25) is 0 Å². The van der Waals surface area contributed by atoms with Crippen molar-refractivity contribution in [1.82, 2.24) is 19.4 Å². The molecule has 6 heterocycles. The van der Waals surface area contributed by atoms with Crippen molar-refractivity contribution in [2.45, 2.75) is 65.2 Å². The number of nitrogens with zero attached hydrogens (tertiary/aromatic N) is 5. The minimum atomic E-state index is -0.227. The minimum Gasteiger partial charge on any atom is -0.508 e. The van der Waals surface area contributed by atoms with E-state index in [-0.39, 0.29) is 36.9 Å². The Hall–Kier alpha value is -6.57. The largest absolute Gasteiger partial charge is 0.508 e. The first-order valence-electron chi connectivity index (χ1n) is 22.0. The van der Waals surface area contributed by atoms with Crippen molar-refractivity contribution in [1.29, 1.82) is 0 Å². The maximum atomic E-state index is 15.3. The second-order valence-electron chi connectivity index (χ2n) is 16.6. The van der Waals surface area contributed by atoms with Gasteiger partial charge in [-0.25, -0.2) is 4.98 Å². The molecule has 4 aliphatic rings. The fourth-order valence-electron chi connectivity index (χ4n) is 9.41. The molecule has 4 aromatic carbocycles. The van der Waals surface area contributed by atoms with Crippen molar-refractivity contribution in [3.63, 3.8) is 0 Å². The van der Waals surface area contributed by atoms with Gasteiger partial charge in [-0.05, 0) is 117 Å². The zero-order chi connectivity index (χ0) is 43.0. The number of ether oxygens (including phenoxy) is 4. The molecule has 4 aliphatic heterocycles. The van der Waals surface area contributed by atoms with Gasteiger partial charge in [-0.15, -0.1) is 0 Å². The van der Waals surface area contributed by atoms with Crippen LogP contribution in [0, 0.1) is 6.92 Å². The molecule has 1 N–H and O–H groups in total. The van der Waals surface area contributed by atoms with E-state index in [1.165, 1.54) is 5.56 Å². The van der Waals surface area contributed by atoms with Crippen molar-refractivity contribution in [3.05, 3.63) is 130 Å². The number of amides is 2. The van der Waals surface area contributed by atoms with Crippen LogP contribution < -0.4 is 19.1 Å². The number of aromatic hydroxyl groups is 1. The summed E-state index contributed by atoms with van der Waals surface area (Å²) in [6, 6.07) is 28.2. The first-order chi connectivity index (χ1) is 30.8.